The van der Waals surface area contributed by atoms with Gasteiger partial charge in [-0.05, 0) is 101 Å². The summed E-state index contributed by atoms with van der Waals surface area (Å²) in [6.45, 7) is 2.47. The number of hydrogen-bond acceptors (Lipinski definition) is 5. The predicted molar refractivity (Wildman–Crippen MR) is 167 cm³/mol. The molecule has 0 unspecified atom stereocenters. The third-order valence-corrected chi connectivity index (χ3v) is 8.98. The fraction of sp³-hybridized carbons (Fsp3) is 0.290. The lowest BCUT2D eigenvalue weighted by Gasteiger charge is -2.30. The molecule has 0 radical (unpaired) electrons. The van der Waals surface area contributed by atoms with E-state index in [1.54, 1.807) is 7.11 Å². The van der Waals surface area contributed by atoms with Crippen molar-refractivity contribution in [3.05, 3.63) is 91.2 Å². The Labute approximate surface area is 250 Å². The molecule has 39 heavy (non-hydrogen) atoms. The summed E-state index contributed by atoms with van der Waals surface area (Å²) in [7, 11) is 1.62. The minimum absolute atomic E-state index is 0.0171. The second-order valence-electron chi connectivity index (χ2n) is 9.76. The molecule has 1 heterocycles. The molecule has 3 aromatic carbocycles. The minimum atomic E-state index is 0.0171. The van der Waals surface area contributed by atoms with Gasteiger partial charge in [0.05, 0.1) is 22.2 Å². The average molecular weight is 670 g/mol. The summed E-state index contributed by atoms with van der Waals surface area (Å²) >= 11 is 8.56. The van der Waals surface area contributed by atoms with Crippen molar-refractivity contribution in [3.8, 4) is 11.5 Å². The van der Waals surface area contributed by atoms with Crippen LogP contribution >= 0.6 is 43.6 Å². The van der Waals surface area contributed by atoms with Gasteiger partial charge in [0.2, 0.25) is 0 Å². The number of rotatable bonds is 7. The average Bonchev–Trinajstić information content (AvgIpc) is 3.24. The zero-order chi connectivity index (χ0) is 27.4. The Balaban J connectivity index is 1.42. The van der Waals surface area contributed by atoms with Gasteiger partial charge >= 0.3 is 0 Å². The van der Waals surface area contributed by atoms with Crippen LogP contribution in [-0.4, -0.2) is 29.1 Å². The van der Waals surface area contributed by atoms with E-state index in [2.05, 4.69) is 38.8 Å². The van der Waals surface area contributed by atoms with Gasteiger partial charge in [-0.15, -0.1) is 0 Å². The van der Waals surface area contributed by atoms with E-state index in [9.17, 15) is 4.79 Å². The molecule has 8 heteroatoms. The third-order valence-electron chi connectivity index (χ3n) is 6.88. The standard InChI is InChI=1S/C31H30Br2N2O3S/c1-20-8-14-24(15-9-20)34-31-35(25-6-4-3-5-7-25)30(36)28(39-31)18-22-16-26(33)29(27(17-22)37-2)38-19-21-10-12-23(32)13-11-21/h8-18,25H,3-7,19H2,1-2H3/b28-18+,34-31?. The van der Waals surface area contributed by atoms with Crippen LogP contribution in [0.4, 0.5) is 5.69 Å². The lowest BCUT2D eigenvalue weighted by atomic mass is 9.94. The van der Waals surface area contributed by atoms with E-state index in [0.717, 1.165) is 56.6 Å². The maximum atomic E-state index is 13.7. The Kier molecular flexibility index (Phi) is 9.15. The lowest BCUT2D eigenvalue weighted by molar-refractivity contribution is -0.124. The van der Waals surface area contributed by atoms with Crippen LogP contribution in [0.1, 0.15) is 48.8 Å². The fourth-order valence-electron chi connectivity index (χ4n) is 4.81. The van der Waals surface area contributed by atoms with Crippen LogP contribution in [-0.2, 0) is 11.4 Å². The molecule has 1 saturated carbocycles. The SMILES string of the molecule is COc1cc(/C=C2/SC(=Nc3ccc(C)cc3)N(C3CCCCC3)C2=O)cc(Br)c1OCc1ccc(Br)cc1. The highest BCUT2D eigenvalue weighted by atomic mass is 79.9. The number of nitrogens with zero attached hydrogens (tertiary/aromatic N) is 2. The van der Waals surface area contributed by atoms with E-state index in [0.29, 0.717) is 23.0 Å². The van der Waals surface area contributed by atoms with Crippen molar-refractivity contribution in [2.24, 2.45) is 4.99 Å². The van der Waals surface area contributed by atoms with Gasteiger partial charge in [-0.25, -0.2) is 4.99 Å². The first-order valence-electron chi connectivity index (χ1n) is 13.0. The number of aryl methyl sites for hydroxylation is 1. The number of benzene rings is 3. The molecule has 0 spiro atoms. The van der Waals surface area contributed by atoms with E-state index >= 15 is 0 Å². The largest absolute Gasteiger partial charge is 0.493 e. The molecule has 2 aliphatic rings. The van der Waals surface area contributed by atoms with Gasteiger partial charge in [0.1, 0.15) is 6.61 Å². The van der Waals surface area contributed by atoms with Crippen LogP contribution < -0.4 is 9.47 Å². The zero-order valence-electron chi connectivity index (χ0n) is 22.0. The topological polar surface area (TPSA) is 51.1 Å². The van der Waals surface area contributed by atoms with E-state index < -0.39 is 0 Å². The van der Waals surface area contributed by atoms with Crippen LogP contribution in [0.2, 0.25) is 0 Å². The number of ether oxygens (including phenoxy) is 2. The number of carbonyl (C=O) groups excluding carboxylic acids is 1. The molecule has 1 saturated heterocycles. The predicted octanol–water partition coefficient (Wildman–Crippen LogP) is 9.04. The van der Waals surface area contributed by atoms with E-state index in [-0.39, 0.29) is 11.9 Å². The number of halogens is 2. The molecule has 1 aliphatic carbocycles. The summed E-state index contributed by atoms with van der Waals surface area (Å²) in [5.41, 5.74) is 3.94. The van der Waals surface area contributed by atoms with Gasteiger partial charge in [0, 0.05) is 10.5 Å². The molecule has 202 valence electrons. The number of thioether (sulfide) groups is 1. The van der Waals surface area contributed by atoms with Gasteiger partial charge in [-0.3, -0.25) is 9.69 Å². The highest BCUT2D eigenvalue weighted by Gasteiger charge is 2.38. The highest BCUT2D eigenvalue weighted by molar-refractivity contribution is 9.10. The van der Waals surface area contributed by atoms with Crippen molar-refractivity contribution < 1.29 is 14.3 Å². The molecule has 5 nitrogen and oxygen atoms in total. The Morgan fingerprint density at radius 2 is 1.74 bits per heavy atom. The molecule has 0 aromatic heterocycles. The summed E-state index contributed by atoms with van der Waals surface area (Å²) in [5, 5.41) is 0.752. The Hall–Kier alpha value is -2.55. The first-order chi connectivity index (χ1) is 18.9. The number of aliphatic imine (C=N–C) groups is 1. The molecule has 2 fully saturated rings. The quantitative estimate of drug-likeness (QED) is 0.236. The smallest absolute Gasteiger partial charge is 0.267 e. The van der Waals surface area contributed by atoms with Crippen LogP contribution in [0.5, 0.6) is 11.5 Å². The molecule has 1 amide bonds. The number of methoxy groups -OCH3 is 1. The maximum Gasteiger partial charge on any atom is 0.267 e. The molecule has 0 N–H and O–H groups in total. The van der Waals surface area contributed by atoms with Crippen LogP contribution in [0.3, 0.4) is 0 Å². The van der Waals surface area contributed by atoms with Crippen molar-refractivity contribution >= 4 is 66.5 Å². The first-order valence-corrected chi connectivity index (χ1v) is 15.4. The summed E-state index contributed by atoms with van der Waals surface area (Å²) in [5.74, 6) is 1.24. The first kappa shape index (κ1) is 28.0. The monoisotopic (exact) mass is 668 g/mol. The molecule has 5 rings (SSSR count). The molecular weight excluding hydrogens is 640 g/mol. The fourth-order valence-corrected chi connectivity index (χ4v) is 6.70. The molecule has 3 aromatic rings. The van der Waals surface area contributed by atoms with Crippen LogP contribution in [0.25, 0.3) is 6.08 Å². The van der Waals surface area contributed by atoms with Crippen molar-refractivity contribution in [2.75, 3.05) is 7.11 Å². The van der Waals surface area contributed by atoms with Gasteiger partial charge in [-0.1, -0.05) is 65.0 Å². The maximum absolute atomic E-state index is 13.7. The van der Waals surface area contributed by atoms with Crippen LogP contribution in [0.15, 0.2) is 79.5 Å². The van der Waals surface area contributed by atoms with E-state index in [4.69, 9.17) is 14.5 Å². The van der Waals surface area contributed by atoms with Crippen molar-refractivity contribution in [1.82, 2.24) is 4.90 Å². The number of amides is 1. The second-order valence-corrected chi connectivity index (χ2v) is 12.5. The summed E-state index contributed by atoms with van der Waals surface area (Å²) < 4.78 is 13.6. The van der Waals surface area contributed by atoms with E-state index in [1.807, 2.05) is 71.6 Å². The van der Waals surface area contributed by atoms with E-state index in [1.165, 1.54) is 23.7 Å². The third kappa shape index (κ3) is 6.79. The molecular formula is C31H30Br2N2O3S. The number of carbonyl (C=O) groups is 1. The minimum Gasteiger partial charge on any atom is -0.493 e. The summed E-state index contributed by atoms with van der Waals surface area (Å²) in [6.07, 6.45) is 7.45. The molecule has 1 aliphatic heterocycles. The van der Waals surface area contributed by atoms with Crippen molar-refractivity contribution in [3.63, 3.8) is 0 Å². The van der Waals surface area contributed by atoms with Gasteiger partial charge in [0.15, 0.2) is 16.7 Å². The molecule has 0 bridgehead atoms. The van der Waals surface area contributed by atoms with Crippen molar-refractivity contribution in [1.29, 1.82) is 0 Å². The number of hydrogen-bond donors (Lipinski definition) is 0. The Morgan fingerprint density at radius 1 is 1.03 bits per heavy atom. The lowest BCUT2D eigenvalue weighted by Crippen LogP contribution is -2.40. The Morgan fingerprint density at radius 3 is 2.44 bits per heavy atom. The van der Waals surface area contributed by atoms with Crippen LogP contribution in [0, 0.1) is 6.92 Å². The van der Waals surface area contributed by atoms with Gasteiger partial charge in [-0.2, -0.15) is 0 Å². The summed E-state index contributed by atoms with van der Waals surface area (Å²) in [4.78, 5) is 21.2. The molecule has 0 atom stereocenters. The highest BCUT2D eigenvalue weighted by Crippen LogP contribution is 2.41. The normalized spacial score (nSPS) is 18.3. The zero-order valence-corrected chi connectivity index (χ0v) is 25.9. The second kappa shape index (κ2) is 12.7. The summed E-state index contributed by atoms with van der Waals surface area (Å²) in [6, 6.07) is 20.2. The van der Waals surface area contributed by atoms with Gasteiger partial charge in [0.25, 0.3) is 5.91 Å². The number of amidine groups is 1. The van der Waals surface area contributed by atoms with Gasteiger partial charge < -0.3 is 9.47 Å². The van der Waals surface area contributed by atoms with Crippen molar-refractivity contribution in [2.45, 2.75) is 51.7 Å². The Bertz CT molecular complexity index is 1400.